The van der Waals surface area contributed by atoms with Crippen molar-refractivity contribution in [1.82, 2.24) is 14.7 Å². The molecule has 2 amide bonds. The standard InChI is InChI=1S/C19H27N3O2/c1-16(23)22-12-5-9-18(22)19(24)21-11-6-10-20(13-14-21)15-17-7-3-2-4-8-17/h2-4,7-8,18H,5-6,9-15H2,1H3/t18-/m0/s1. The maximum absolute atomic E-state index is 12.8. The number of rotatable bonds is 3. The molecule has 0 spiro atoms. The molecule has 5 nitrogen and oxygen atoms in total. The first-order chi connectivity index (χ1) is 11.6. The molecule has 1 atom stereocenters. The molecule has 130 valence electrons. The van der Waals surface area contributed by atoms with Crippen LogP contribution in [0.2, 0.25) is 0 Å². The molecule has 5 heteroatoms. The van der Waals surface area contributed by atoms with E-state index < -0.39 is 0 Å². The molecule has 3 rings (SSSR count). The van der Waals surface area contributed by atoms with E-state index in [0.717, 1.165) is 58.5 Å². The first-order valence-electron chi connectivity index (χ1n) is 8.97. The molecular formula is C19H27N3O2. The summed E-state index contributed by atoms with van der Waals surface area (Å²) < 4.78 is 0. The molecule has 1 aromatic carbocycles. The summed E-state index contributed by atoms with van der Waals surface area (Å²) in [6.45, 7) is 6.69. The van der Waals surface area contributed by atoms with Gasteiger partial charge in [-0.1, -0.05) is 30.3 Å². The third-order valence-corrected chi connectivity index (χ3v) is 5.09. The third kappa shape index (κ3) is 3.96. The second-order valence-corrected chi connectivity index (χ2v) is 6.81. The highest BCUT2D eigenvalue weighted by Gasteiger charge is 2.35. The molecule has 0 bridgehead atoms. The van der Waals surface area contributed by atoms with Gasteiger partial charge in [-0.25, -0.2) is 0 Å². The fourth-order valence-corrected chi connectivity index (χ4v) is 3.80. The van der Waals surface area contributed by atoms with E-state index in [-0.39, 0.29) is 17.9 Å². The molecule has 1 aromatic rings. The van der Waals surface area contributed by atoms with Crippen LogP contribution in [-0.4, -0.2) is 65.3 Å². The first kappa shape index (κ1) is 17.0. The van der Waals surface area contributed by atoms with Crippen molar-refractivity contribution in [2.75, 3.05) is 32.7 Å². The molecule has 0 aliphatic carbocycles. The van der Waals surface area contributed by atoms with Crippen molar-refractivity contribution >= 4 is 11.8 Å². The monoisotopic (exact) mass is 329 g/mol. The van der Waals surface area contributed by atoms with Crippen LogP contribution < -0.4 is 0 Å². The number of likely N-dealkylation sites (tertiary alicyclic amines) is 1. The summed E-state index contributed by atoms with van der Waals surface area (Å²) in [6.07, 6.45) is 2.73. The lowest BCUT2D eigenvalue weighted by molar-refractivity contribution is -0.142. The zero-order chi connectivity index (χ0) is 16.9. The molecule has 0 N–H and O–H groups in total. The van der Waals surface area contributed by atoms with Gasteiger partial charge < -0.3 is 9.80 Å². The van der Waals surface area contributed by atoms with E-state index in [1.165, 1.54) is 5.56 Å². The molecular weight excluding hydrogens is 302 g/mol. The topological polar surface area (TPSA) is 43.9 Å². The van der Waals surface area contributed by atoms with E-state index >= 15 is 0 Å². The van der Waals surface area contributed by atoms with Gasteiger partial charge in [0.05, 0.1) is 0 Å². The summed E-state index contributed by atoms with van der Waals surface area (Å²) in [4.78, 5) is 30.7. The minimum atomic E-state index is -0.233. The molecule has 2 heterocycles. The fraction of sp³-hybridized carbons (Fsp3) is 0.579. The quantitative estimate of drug-likeness (QED) is 0.848. The highest BCUT2D eigenvalue weighted by Crippen LogP contribution is 2.20. The second kappa shape index (κ2) is 7.79. The van der Waals surface area contributed by atoms with Gasteiger partial charge in [0, 0.05) is 46.2 Å². The van der Waals surface area contributed by atoms with Crippen LogP contribution in [0, 0.1) is 0 Å². The molecule has 0 aromatic heterocycles. The van der Waals surface area contributed by atoms with Crippen LogP contribution in [0.4, 0.5) is 0 Å². The van der Waals surface area contributed by atoms with Crippen molar-refractivity contribution in [1.29, 1.82) is 0 Å². The maximum Gasteiger partial charge on any atom is 0.245 e. The average Bonchev–Trinajstić information content (AvgIpc) is 2.97. The van der Waals surface area contributed by atoms with Gasteiger partial charge in [-0.15, -0.1) is 0 Å². The lowest BCUT2D eigenvalue weighted by atomic mass is 10.2. The second-order valence-electron chi connectivity index (χ2n) is 6.81. The highest BCUT2D eigenvalue weighted by molar-refractivity contribution is 5.87. The number of hydrogen-bond acceptors (Lipinski definition) is 3. The largest absolute Gasteiger partial charge is 0.340 e. The van der Waals surface area contributed by atoms with Crippen LogP contribution in [-0.2, 0) is 16.1 Å². The summed E-state index contributed by atoms with van der Waals surface area (Å²) in [7, 11) is 0. The number of carbonyl (C=O) groups excluding carboxylic acids is 2. The zero-order valence-corrected chi connectivity index (χ0v) is 14.5. The van der Waals surface area contributed by atoms with Crippen molar-refractivity contribution in [3.8, 4) is 0 Å². The van der Waals surface area contributed by atoms with Crippen LogP contribution in [0.25, 0.3) is 0 Å². The summed E-state index contributed by atoms with van der Waals surface area (Å²) in [5.41, 5.74) is 1.32. The molecule has 0 unspecified atom stereocenters. The van der Waals surface area contributed by atoms with E-state index in [9.17, 15) is 9.59 Å². The predicted molar refractivity (Wildman–Crippen MR) is 93.3 cm³/mol. The summed E-state index contributed by atoms with van der Waals surface area (Å²) >= 11 is 0. The Balaban J connectivity index is 1.57. The van der Waals surface area contributed by atoms with E-state index in [1.807, 2.05) is 11.0 Å². The van der Waals surface area contributed by atoms with Crippen molar-refractivity contribution in [2.24, 2.45) is 0 Å². The number of nitrogens with zero attached hydrogens (tertiary/aromatic N) is 3. The first-order valence-corrected chi connectivity index (χ1v) is 8.97. The molecule has 0 saturated carbocycles. The lowest BCUT2D eigenvalue weighted by Crippen LogP contribution is -2.48. The van der Waals surface area contributed by atoms with E-state index in [0.29, 0.717) is 0 Å². The number of carbonyl (C=O) groups is 2. The molecule has 2 saturated heterocycles. The van der Waals surface area contributed by atoms with Crippen molar-refractivity contribution in [3.05, 3.63) is 35.9 Å². The normalized spacial score (nSPS) is 22.5. The number of benzene rings is 1. The van der Waals surface area contributed by atoms with Crippen LogP contribution in [0.5, 0.6) is 0 Å². The van der Waals surface area contributed by atoms with Gasteiger partial charge in [0.15, 0.2) is 0 Å². The van der Waals surface area contributed by atoms with Gasteiger partial charge in [-0.05, 0) is 24.8 Å². The average molecular weight is 329 g/mol. The van der Waals surface area contributed by atoms with Crippen molar-refractivity contribution in [2.45, 2.75) is 38.8 Å². The van der Waals surface area contributed by atoms with Crippen LogP contribution in [0.1, 0.15) is 31.7 Å². The van der Waals surface area contributed by atoms with Crippen LogP contribution >= 0.6 is 0 Å². The van der Waals surface area contributed by atoms with E-state index in [2.05, 4.69) is 29.2 Å². The smallest absolute Gasteiger partial charge is 0.245 e. The van der Waals surface area contributed by atoms with Crippen LogP contribution in [0.15, 0.2) is 30.3 Å². The minimum Gasteiger partial charge on any atom is -0.340 e. The maximum atomic E-state index is 12.8. The summed E-state index contributed by atoms with van der Waals surface area (Å²) in [6, 6.07) is 10.2. The Hall–Kier alpha value is -1.88. The third-order valence-electron chi connectivity index (χ3n) is 5.09. The Kier molecular flexibility index (Phi) is 5.51. The fourth-order valence-electron chi connectivity index (χ4n) is 3.80. The Morgan fingerprint density at radius 2 is 1.79 bits per heavy atom. The van der Waals surface area contributed by atoms with E-state index in [4.69, 9.17) is 0 Å². The molecule has 2 fully saturated rings. The van der Waals surface area contributed by atoms with Gasteiger partial charge in [-0.3, -0.25) is 14.5 Å². The highest BCUT2D eigenvalue weighted by atomic mass is 16.2. The van der Waals surface area contributed by atoms with Crippen LogP contribution in [0.3, 0.4) is 0 Å². The lowest BCUT2D eigenvalue weighted by Gasteiger charge is -2.29. The molecule has 0 radical (unpaired) electrons. The Bertz CT molecular complexity index is 575. The Morgan fingerprint density at radius 1 is 1.00 bits per heavy atom. The molecule has 2 aliphatic rings. The van der Waals surface area contributed by atoms with E-state index in [1.54, 1.807) is 11.8 Å². The van der Waals surface area contributed by atoms with Gasteiger partial charge in [0.1, 0.15) is 6.04 Å². The summed E-state index contributed by atoms with van der Waals surface area (Å²) in [5, 5.41) is 0. The van der Waals surface area contributed by atoms with Crippen molar-refractivity contribution < 1.29 is 9.59 Å². The Morgan fingerprint density at radius 3 is 2.54 bits per heavy atom. The number of amides is 2. The number of hydrogen-bond donors (Lipinski definition) is 0. The van der Waals surface area contributed by atoms with Gasteiger partial charge in [0.2, 0.25) is 11.8 Å². The van der Waals surface area contributed by atoms with Crippen molar-refractivity contribution in [3.63, 3.8) is 0 Å². The SMILES string of the molecule is CC(=O)N1CCC[C@H]1C(=O)N1CCCN(Cc2ccccc2)CC1. The Labute approximate surface area is 144 Å². The van der Waals surface area contributed by atoms with Gasteiger partial charge >= 0.3 is 0 Å². The molecule has 2 aliphatic heterocycles. The molecule has 24 heavy (non-hydrogen) atoms. The van der Waals surface area contributed by atoms with Gasteiger partial charge in [0.25, 0.3) is 0 Å². The predicted octanol–water partition coefficient (Wildman–Crippen LogP) is 1.73. The summed E-state index contributed by atoms with van der Waals surface area (Å²) in [5.74, 6) is 0.163. The zero-order valence-electron chi connectivity index (χ0n) is 14.5. The minimum absolute atomic E-state index is 0.0198. The van der Waals surface area contributed by atoms with Gasteiger partial charge in [-0.2, -0.15) is 0 Å².